The Morgan fingerprint density at radius 2 is 2.37 bits per heavy atom. The molecule has 5 nitrogen and oxygen atoms in total. The summed E-state index contributed by atoms with van der Waals surface area (Å²) in [6, 6.07) is 6.08. The Labute approximate surface area is 112 Å². The van der Waals surface area contributed by atoms with Gasteiger partial charge in [0.1, 0.15) is 5.75 Å². The van der Waals surface area contributed by atoms with Crippen LogP contribution in [0.5, 0.6) is 5.75 Å². The second-order valence-electron chi connectivity index (χ2n) is 4.95. The molecule has 5 heteroatoms. The lowest BCUT2D eigenvalue weighted by atomic mass is 9.87. The fourth-order valence-electron chi connectivity index (χ4n) is 2.72. The molecular formula is C14H18N4O. The summed E-state index contributed by atoms with van der Waals surface area (Å²) in [5.74, 6) is 0.363. The van der Waals surface area contributed by atoms with Gasteiger partial charge < -0.3 is 10.4 Å². The summed E-state index contributed by atoms with van der Waals surface area (Å²) in [6.45, 7) is 1.69. The lowest BCUT2D eigenvalue weighted by Gasteiger charge is -2.26. The van der Waals surface area contributed by atoms with E-state index in [0.717, 1.165) is 32.4 Å². The molecule has 1 aromatic heterocycles. The molecule has 1 aromatic carbocycles. The summed E-state index contributed by atoms with van der Waals surface area (Å²) in [5.41, 5.74) is 2.59. The van der Waals surface area contributed by atoms with E-state index in [1.54, 1.807) is 12.3 Å². The highest BCUT2D eigenvalue weighted by molar-refractivity contribution is 5.38. The first kappa shape index (κ1) is 12.2. The fourth-order valence-corrected chi connectivity index (χ4v) is 2.72. The highest BCUT2D eigenvalue weighted by Gasteiger charge is 2.19. The predicted octanol–water partition coefficient (Wildman–Crippen LogP) is 1.65. The van der Waals surface area contributed by atoms with Crippen LogP contribution in [0.3, 0.4) is 0 Å². The number of benzene rings is 1. The van der Waals surface area contributed by atoms with Crippen LogP contribution in [0, 0.1) is 0 Å². The number of aromatic hydroxyl groups is 1. The van der Waals surface area contributed by atoms with Gasteiger partial charge in [-0.05, 0) is 42.5 Å². The van der Waals surface area contributed by atoms with E-state index in [9.17, 15) is 5.11 Å². The van der Waals surface area contributed by atoms with Crippen molar-refractivity contribution in [2.24, 2.45) is 0 Å². The standard InChI is InChI=1S/C14H18N4O/c19-12-4-5-13-11(10-12)2-1-3-14(13)15-6-8-18-9-7-16-17-18/h4-5,7,9-10,14-15,19H,1-3,6,8H2. The number of hydrogen-bond acceptors (Lipinski definition) is 4. The molecule has 19 heavy (non-hydrogen) atoms. The van der Waals surface area contributed by atoms with Gasteiger partial charge in [-0.15, -0.1) is 5.10 Å². The van der Waals surface area contributed by atoms with Crippen molar-refractivity contribution in [3.8, 4) is 5.75 Å². The Morgan fingerprint density at radius 1 is 1.42 bits per heavy atom. The van der Waals surface area contributed by atoms with E-state index in [4.69, 9.17) is 0 Å². The molecule has 1 aliphatic rings. The SMILES string of the molecule is Oc1ccc2c(c1)CCCC2NCCn1ccnn1. The van der Waals surface area contributed by atoms with Crippen LogP contribution in [0.4, 0.5) is 0 Å². The van der Waals surface area contributed by atoms with E-state index < -0.39 is 0 Å². The Morgan fingerprint density at radius 3 is 3.21 bits per heavy atom. The van der Waals surface area contributed by atoms with Crippen LogP contribution in [0.25, 0.3) is 0 Å². The van der Waals surface area contributed by atoms with Crippen LogP contribution in [0.15, 0.2) is 30.6 Å². The minimum absolute atomic E-state index is 0.363. The van der Waals surface area contributed by atoms with Crippen molar-refractivity contribution in [3.05, 3.63) is 41.7 Å². The maximum absolute atomic E-state index is 9.54. The molecular weight excluding hydrogens is 240 g/mol. The van der Waals surface area contributed by atoms with Gasteiger partial charge in [-0.25, -0.2) is 0 Å². The summed E-state index contributed by atoms with van der Waals surface area (Å²) in [5, 5.41) is 20.8. The first-order chi connectivity index (χ1) is 9.33. The number of aromatic nitrogens is 3. The van der Waals surface area contributed by atoms with E-state index in [1.807, 2.05) is 23.0 Å². The smallest absolute Gasteiger partial charge is 0.115 e. The molecule has 1 unspecified atom stereocenters. The van der Waals surface area contributed by atoms with Crippen LogP contribution < -0.4 is 5.32 Å². The van der Waals surface area contributed by atoms with Gasteiger partial charge in [0.25, 0.3) is 0 Å². The fraction of sp³-hybridized carbons (Fsp3) is 0.429. The number of phenols is 1. The monoisotopic (exact) mass is 258 g/mol. The first-order valence-electron chi connectivity index (χ1n) is 6.72. The van der Waals surface area contributed by atoms with E-state index >= 15 is 0 Å². The van der Waals surface area contributed by atoms with Gasteiger partial charge in [0, 0.05) is 18.8 Å². The van der Waals surface area contributed by atoms with Crippen molar-refractivity contribution in [3.63, 3.8) is 0 Å². The number of fused-ring (bicyclic) bond motifs is 1. The topological polar surface area (TPSA) is 63.0 Å². The van der Waals surface area contributed by atoms with Crippen molar-refractivity contribution in [1.82, 2.24) is 20.3 Å². The van der Waals surface area contributed by atoms with E-state index in [2.05, 4.69) is 15.6 Å². The molecule has 1 atom stereocenters. The minimum Gasteiger partial charge on any atom is -0.508 e. The normalized spacial score (nSPS) is 18.2. The van der Waals surface area contributed by atoms with Crippen LogP contribution in [0.2, 0.25) is 0 Å². The number of nitrogens with zero attached hydrogens (tertiary/aromatic N) is 3. The van der Waals surface area contributed by atoms with Crippen LogP contribution >= 0.6 is 0 Å². The lowest BCUT2D eigenvalue weighted by molar-refractivity contribution is 0.430. The number of phenolic OH excluding ortho intramolecular Hbond substituents is 1. The largest absolute Gasteiger partial charge is 0.508 e. The highest BCUT2D eigenvalue weighted by Crippen LogP contribution is 2.31. The molecule has 3 rings (SSSR count). The van der Waals surface area contributed by atoms with E-state index in [-0.39, 0.29) is 0 Å². The summed E-state index contributed by atoms with van der Waals surface area (Å²) in [4.78, 5) is 0. The summed E-state index contributed by atoms with van der Waals surface area (Å²) in [6.07, 6.45) is 6.94. The van der Waals surface area contributed by atoms with Crippen LogP contribution in [-0.2, 0) is 13.0 Å². The van der Waals surface area contributed by atoms with Gasteiger partial charge in [0.15, 0.2) is 0 Å². The zero-order valence-electron chi connectivity index (χ0n) is 10.8. The Hall–Kier alpha value is -1.88. The van der Waals surface area contributed by atoms with Crippen molar-refractivity contribution in [1.29, 1.82) is 0 Å². The molecule has 1 heterocycles. The number of rotatable bonds is 4. The molecule has 1 aliphatic carbocycles. The maximum atomic E-state index is 9.54. The number of hydrogen-bond donors (Lipinski definition) is 2. The molecule has 0 radical (unpaired) electrons. The number of aryl methyl sites for hydroxylation is 1. The maximum Gasteiger partial charge on any atom is 0.115 e. The molecule has 0 spiro atoms. The van der Waals surface area contributed by atoms with Crippen LogP contribution in [0.1, 0.15) is 30.0 Å². The van der Waals surface area contributed by atoms with Crippen molar-refractivity contribution >= 4 is 0 Å². The second kappa shape index (κ2) is 5.40. The molecule has 100 valence electrons. The zero-order valence-corrected chi connectivity index (χ0v) is 10.8. The Bertz CT molecular complexity index is 538. The molecule has 2 N–H and O–H groups in total. The lowest BCUT2D eigenvalue weighted by Crippen LogP contribution is -2.28. The first-order valence-corrected chi connectivity index (χ1v) is 6.72. The molecule has 2 aromatic rings. The molecule has 0 aliphatic heterocycles. The van der Waals surface area contributed by atoms with Crippen LogP contribution in [-0.4, -0.2) is 26.6 Å². The Kier molecular flexibility index (Phi) is 3.46. The van der Waals surface area contributed by atoms with Crippen molar-refractivity contribution in [2.75, 3.05) is 6.54 Å². The average Bonchev–Trinajstić information content (AvgIpc) is 2.92. The van der Waals surface area contributed by atoms with Crippen molar-refractivity contribution < 1.29 is 5.11 Å². The third-order valence-electron chi connectivity index (χ3n) is 3.64. The van der Waals surface area contributed by atoms with Gasteiger partial charge in [0.05, 0.1) is 12.7 Å². The molecule has 0 fully saturated rings. The van der Waals surface area contributed by atoms with Gasteiger partial charge in [-0.3, -0.25) is 4.68 Å². The van der Waals surface area contributed by atoms with E-state index in [1.165, 1.54) is 11.1 Å². The summed E-state index contributed by atoms with van der Waals surface area (Å²) in [7, 11) is 0. The minimum atomic E-state index is 0.363. The molecule has 0 amide bonds. The van der Waals surface area contributed by atoms with Gasteiger partial charge in [-0.2, -0.15) is 0 Å². The number of nitrogens with one attached hydrogen (secondary N) is 1. The Balaban J connectivity index is 1.63. The zero-order chi connectivity index (χ0) is 13.1. The van der Waals surface area contributed by atoms with Gasteiger partial charge >= 0.3 is 0 Å². The average molecular weight is 258 g/mol. The van der Waals surface area contributed by atoms with E-state index in [0.29, 0.717) is 11.8 Å². The summed E-state index contributed by atoms with van der Waals surface area (Å²) < 4.78 is 1.83. The highest BCUT2D eigenvalue weighted by atomic mass is 16.3. The molecule has 0 saturated carbocycles. The van der Waals surface area contributed by atoms with Crippen molar-refractivity contribution in [2.45, 2.75) is 31.8 Å². The molecule has 0 bridgehead atoms. The van der Waals surface area contributed by atoms with Gasteiger partial charge in [0.2, 0.25) is 0 Å². The predicted molar refractivity (Wildman–Crippen MR) is 71.8 cm³/mol. The third kappa shape index (κ3) is 2.76. The quantitative estimate of drug-likeness (QED) is 0.875. The summed E-state index contributed by atoms with van der Waals surface area (Å²) >= 11 is 0. The second-order valence-corrected chi connectivity index (χ2v) is 4.95. The third-order valence-corrected chi connectivity index (χ3v) is 3.64. The van der Waals surface area contributed by atoms with Gasteiger partial charge in [-0.1, -0.05) is 11.3 Å². The molecule has 0 saturated heterocycles.